The minimum absolute atomic E-state index is 0.723. The Morgan fingerprint density at radius 1 is 1.31 bits per heavy atom. The molecule has 4 nitrogen and oxygen atoms in total. The van der Waals surface area contributed by atoms with E-state index in [0.717, 1.165) is 24.9 Å². The molecular weight excluding hydrogens is 200 g/mol. The van der Waals surface area contributed by atoms with Crippen molar-refractivity contribution < 1.29 is 0 Å². The quantitative estimate of drug-likeness (QED) is 0.840. The molecule has 1 aromatic heterocycles. The van der Waals surface area contributed by atoms with Crippen LogP contribution in [-0.2, 0) is 6.54 Å². The molecule has 2 fully saturated rings. The highest BCUT2D eigenvalue weighted by atomic mass is 15.4. The minimum atomic E-state index is 0.723. The SMILES string of the molecule is c1c(C2CC2)nnn1CC1CCCCNC1. The lowest BCUT2D eigenvalue weighted by Gasteiger charge is -2.13. The summed E-state index contributed by atoms with van der Waals surface area (Å²) in [5, 5.41) is 12.0. The van der Waals surface area contributed by atoms with Crippen molar-refractivity contribution in [2.45, 2.75) is 44.6 Å². The van der Waals surface area contributed by atoms with E-state index in [2.05, 4.69) is 21.8 Å². The van der Waals surface area contributed by atoms with Gasteiger partial charge in [0.05, 0.1) is 5.69 Å². The molecule has 1 aliphatic heterocycles. The normalized spacial score (nSPS) is 26.6. The van der Waals surface area contributed by atoms with Gasteiger partial charge in [-0.15, -0.1) is 5.10 Å². The molecule has 16 heavy (non-hydrogen) atoms. The Labute approximate surface area is 96.4 Å². The van der Waals surface area contributed by atoms with Gasteiger partial charge in [-0.1, -0.05) is 11.6 Å². The van der Waals surface area contributed by atoms with Gasteiger partial charge in [0.1, 0.15) is 0 Å². The van der Waals surface area contributed by atoms with Crippen LogP contribution in [0.3, 0.4) is 0 Å². The number of nitrogens with zero attached hydrogens (tertiary/aromatic N) is 3. The Balaban J connectivity index is 1.58. The number of nitrogens with one attached hydrogen (secondary N) is 1. The predicted octanol–water partition coefficient (Wildman–Crippen LogP) is 1.55. The van der Waals surface area contributed by atoms with Gasteiger partial charge in [0.15, 0.2) is 0 Å². The first kappa shape index (κ1) is 10.3. The van der Waals surface area contributed by atoms with E-state index in [0.29, 0.717) is 0 Å². The van der Waals surface area contributed by atoms with Crippen LogP contribution in [0, 0.1) is 5.92 Å². The zero-order valence-electron chi connectivity index (χ0n) is 9.73. The fraction of sp³-hybridized carbons (Fsp3) is 0.833. The summed E-state index contributed by atoms with van der Waals surface area (Å²) in [6.45, 7) is 3.35. The van der Waals surface area contributed by atoms with Crippen molar-refractivity contribution in [3.05, 3.63) is 11.9 Å². The van der Waals surface area contributed by atoms with Crippen LogP contribution in [0.1, 0.15) is 43.7 Å². The van der Waals surface area contributed by atoms with Crippen molar-refractivity contribution in [2.24, 2.45) is 5.92 Å². The van der Waals surface area contributed by atoms with Gasteiger partial charge in [-0.05, 0) is 44.7 Å². The molecule has 1 saturated heterocycles. The average Bonchev–Trinajstić information content (AvgIpc) is 3.07. The van der Waals surface area contributed by atoms with Crippen LogP contribution in [0.25, 0.3) is 0 Å². The maximum atomic E-state index is 4.26. The van der Waals surface area contributed by atoms with Gasteiger partial charge in [-0.3, -0.25) is 4.68 Å². The second-order valence-corrected chi connectivity index (χ2v) is 5.21. The lowest BCUT2D eigenvalue weighted by atomic mass is 10.0. The second kappa shape index (κ2) is 4.53. The molecule has 0 bridgehead atoms. The van der Waals surface area contributed by atoms with Crippen LogP contribution in [0.15, 0.2) is 6.20 Å². The Bertz CT molecular complexity index is 335. The standard InChI is InChI=1S/C12H20N4/c1-2-6-13-7-10(3-1)8-16-9-12(14-15-16)11-4-5-11/h9-11,13H,1-8H2. The summed E-state index contributed by atoms with van der Waals surface area (Å²) in [7, 11) is 0. The zero-order valence-corrected chi connectivity index (χ0v) is 9.73. The molecule has 0 aromatic carbocycles. The van der Waals surface area contributed by atoms with Gasteiger partial charge < -0.3 is 5.32 Å². The molecule has 1 N–H and O–H groups in total. The molecule has 2 heterocycles. The van der Waals surface area contributed by atoms with Gasteiger partial charge in [-0.25, -0.2) is 0 Å². The van der Waals surface area contributed by atoms with E-state index in [4.69, 9.17) is 0 Å². The molecule has 1 aliphatic carbocycles. The fourth-order valence-electron chi connectivity index (χ4n) is 2.48. The molecule has 1 atom stereocenters. The largest absolute Gasteiger partial charge is 0.316 e. The van der Waals surface area contributed by atoms with Crippen molar-refractivity contribution in [3.63, 3.8) is 0 Å². The van der Waals surface area contributed by atoms with Crippen LogP contribution in [0.2, 0.25) is 0 Å². The number of rotatable bonds is 3. The molecule has 0 amide bonds. The van der Waals surface area contributed by atoms with Gasteiger partial charge >= 0.3 is 0 Å². The monoisotopic (exact) mass is 220 g/mol. The summed E-state index contributed by atoms with van der Waals surface area (Å²) in [4.78, 5) is 0. The summed E-state index contributed by atoms with van der Waals surface area (Å²) in [5.74, 6) is 1.46. The zero-order chi connectivity index (χ0) is 10.8. The molecule has 88 valence electrons. The van der Waals surface area contributed by atoms with Crippen molar-refractivity contribution >= 4 is 0 Å². The molecule has 2 aliphatic rings. The van der Waals surface area contributed by atoms with Gasteiger partial charge in [0.25, 0.3) is 0 Å². The molecule has 1 aromatic rings. The van der Waals surface area contributed by atoms with Gasteiger partial charge in [0, 0.05) is 18.7 Å². The highest BCUT2D eigenvalue weighted by Crippen LogP contribution is 2.38. The maximum Gasteiger partial charge on any atom is 0.0857 e. The summed E-state index contributed by atoms with van der Waals surface area (Å²) >= 11 is 0. The highest BCUT2D eigenvalue weighted by Gasteiger charge is 2.26. The smallest absolute Gasteiger partial charge is 0.0857 e. The molecule has 0 radical (unpaired) electrons. The Morgan fingerprint density at radius 2 is 2.25 bits per heavy atom. The van der Waals surface area contributed by atoms with E-state index in [1.54, 1.807) is 0 Å². The highest BCUT2D eigenvalue weighted by molar-refractivity contribution is 5.08. The first-order chi connectivity index (χ1) is 7.92. The van der Waals surface area contributed by atoms with E-state index in [1.807, 2.05) is 4.68 Å². The molecule has 1 unspecified atom stereocenters. The van der Waals surface area contributed by atoms with Crippen molar-refractivity contribution in [1.29, 1.82) is 0 Å². The van der Waals surface area contributed by atoms with E-state index >= 15 is 0 Å². The van der Waals surface area contributed by atoms with Crippen LogP contribution in [0.4, 0.5) is 0 Å². The second-order valence-electron chi connectivity index (χ2n) is 5.21. The van der Waals surface area contributed by atoms with Crippen molar-refractivity contribution in [3.8, 4) is 0 Å². The Hall–Kier alpha value is -0.900. The maximum absolute atomic E-state index is 4.26. The minimum Gasteiger partial charge on any atom is -0.316 e. The first-order valence-corrected chi connectivity index (χ1v) is 6.52. The number of hydrogen-bond donors (Lipinski definition) is 1. The Morgan fingerprint density at radius 3 is 3.12 bits per heavy atom. The lowest BCUT2D eigenvalue weighted by molar-refractivity contribution is 0.386. The van der Waals surface area contributed by atoms with E-state index in [9.17, 15) is 0 Å². The van der Waals surface area contributed by atoms with E-state index in [-0.39, 0.29) is 0 Å². The van der Waals surface area contributed by atoms with Crippen molar-refractivity contribution in [1.82, 2.24) is 20.3 Å². The summed E-state index contributed by atoms with van der Waals surface area (Å²) in [5.41, 5.74) is 1.21. The average molecular weight is 220 g/mol. The third kappa shape index (κ3) is 2.43. The van der Waals surface area contributed by atoms with Crippen LogP contribution < -0.4 is 5.32 Å². The fourth-order valence-corrected chi connectivity index (χ4v) is 2.48. The molecule has 0 spiro atoms. The first-order valence-electron chi connectivity index (χ1n) is 6.52. The molecule has 1 saturated carbocycles. The summed E-state index contributed by atoms with van der Waals surface area (Å²) in [6.07, 6.45) is 8.77. The van der Waals surface area contributed by atoms with Gasteiger partial charge in [-0.2, -0.15) is 0 Å². The third-order valence-electron chi connectivity index (χ3n) is 3.65. The Kier molecular flexibility index (Phi) is 2.91. The van der Waals surface area contributed by atoms with Crippen LogP contribution >= 0.6 is 0 Å². The summed E-state index contributed by atoms with van der Waals surface area (Å²) < 4.78 is 2.05. The molecule has 3 rings (SSSR count). The third-order valence-corrected chi connectivity index (χ3v) is 3.65. The van der Waals surface area contributed by atoms with Crippen LogP contribution in [0.5, 0.6) is 0 Å². The van der Waals surface area contributed by atoms with Crippen molar-refractivity contribution in [2.75, 3.05) is 13.1 Å². The number of hydrogen-bond acceptors (Lipinski definition) is 3. The van der Waals surface area contributed by atoms with E-state index in [1.165, 1.54) is 44.3 Å². The van der Waals surface area contributed by atoms with Gasteiger partial charge in [0.2, 0.25) is 0 Å². The number of aromatic nitrogens is 3. The van der Waals surface area contributed by atoms with Crippen LogP contribution in [-0.4, -0.2) is 28.1 Å². The lowest BCUT2D eigenvalue weighted by Crippen LogP contribution is -2.24. The topological polar surface area (TPSA) is 42.7 Å². The summed E-state index contributed by atoms with van der Waals surface area (Å²) in [6, 6.07) is 0. The molecular formula is C12H20N4. The predicted molar refractivity (Wildman–Crippen MR) is 62.2 cm³/mol. The van der Waals surface area contributed by atoms with E-state index < -0.39 is 0 Å². The molecule has 4 heteroatoms.